The van der Waals surface area contributed by atoms with E-state index in [9.17, 15) is 9.59 Å². The van der Waals surface area contributed by atoms with E-state index in [4.69, 9.17) is 5.11 Å². The fraction of sp³-hybridized carbons (Fsp3) is 0.500. The first-order valence-corrected chi connectivity index (χ1v) is 7.07. The highest BCUT2D eigenvalue weighted by molar-refractivity contribution is 5.81. The summed E-state index contributed by atoms with van der Waals surface area (Å²) in [5, 5.41) is 12.0. The molecular formula is C16H21NO3. The van der Waals surface area contributed by atoms with Crippen LogP contribution < -0.4 is 5.32 Å². The van der Waals surface area contributed by atoms with Gasteiger partial charge in [0.1, 0.15) is 0 Å². The average Bonchev–Trinajstić information content (AvgIpc) is 2.89. The number of hydrogen-bond acceptors (Lipinski definition) is 2. The fourth-order valence-corrected chi connectivity index (χ4v) is 2.71. The molecule has 1 aromatic rings. The SMILES string of the molecule is Cc1ccc(C(C)NC(=O)[C@@H]2CC[C@H](C(=O)O)C2)cc1. The minimum atomic E-state index is -0.785. The van der Waals surface area contributed by atoms with Gasteiger partial charge >= 0.3 is 5.97 Å². The van der Waals surface area contributed by atoms with Crippen LogP contribution in [0.2, 0.25) is 0 Å². The molecule has 1 fully saturated rings. The predicted octanol–water partition coefficient (Wildman–Crippen LogP) is 2.67. The van der Waals surface area contributed by atoms with E-state index in [0.29, 0.717) is 19.3 Å². The molecule has 4 heteroatoms. The Morgan fingerprint density at radius 1 is 1.20 bits per heavy atom. The summed E-state index contributed by atoms with van der Waals surface area (Å²) in [6.07, 6.45) is 1.73. The summed E-state index contributed by atoms with van der Waals surface area (Å²) in [6.45, 7) is 3.98. The van der Waals surface area contributed by atoms with E-state index in [2.05, 4.69) is 5.32 Å². The summed E-state index contributed by atoms with van der Waals surface area (Å²) in [6, 6.07) is 8.01. The second-order valence-corrected chi connectivity index (χ2v) is 5.69. The van der Waals surface area contributed by atoms with Crippen LogP contribution >= 0.6 is 0 Å². The molecule has 0 bridgehead atoms. The molecule has 2 rings (SSSR count). The molecule has 2 N–H and O–H groups in total. The van der Waals surface area contributed by atoms with E-state index in [0.717, 1.165) is 5.56 Å². The van der Waals surface area contributed by atoms with Gasteiger partial charge in [0.05, 0.1) is 12.0 Å². The first-order valence-electron chi connectivity index (χ1n) is 7.07. The first-order chi connectivity index (χ1) is 9.47. The van der Waals surface area contributed by atoms with Crippen molar-refractivity contribution in [2.24, 2.45) is 11.8 Å². The van der Waals surface area contributed by atoms with Gasteiger partial charge in [-0.05, 0) is 38.7 Å². The summed E-state index contributed by atoms with van der Waals surface area (Å²) in [5.74, 6) is -1.34. The van der Waals surface area contributed by atoms with Crippen molar-refractivity contribution in [1.82, 2.24) is 5.32 Å². The van der Waals surface area contributed by atoms with Gasteiger partial charge in [-0.1, -0.05) is 29.8 Å². The van der Waals surface area contributed by atoms with Crippen molar-refractivity contribution < 1.29 is 14.7 Å². The highest BCUT2D eigenvalue weighted by atomic mass is 16.4. The van der Waals surface area contributed by atoms with Crippen LogP contribution in [0.4, 0.5) is 0 Å². The number of amides is 1. The van der Waals surface area contributed by atoms with Gasteiger partial charge in [0.25, 0.3) is 0 Å². The molecule has 0 aliphatic heterocycles. The summed E-state index contributed by atoms with van der Waals surface area (Å²) in [5.41, 5.74) is 2.25. The summed E-state index contributed by atoms with van der Waals surface area (Å²) < 4.78 is 0. The number of hydrogen-bond donors (Lipinski definition) is 2. The van der Waals surface area contributed by atoms with Crippen LogP contribution in [0, 0.1) is 18.8 Å². The maximum absolute atomic E-state index is 12.2. The zero-order valence-corrected chi connectivity index (χ0v) is 11.9. The minimum Gasteiger partial charge on any atom is -0.481 e. The number of carbonyl (C=O) groups is 2. The number of carbonyl (C=O) groups excluding carboxylic acids is 1. The van der Waals surface area contributed by atoms with Crippen molar-refractivity contribution in [1.29, 1.82) is 0 Å². The smallest absolute Gasteiger partial charge is 0.306 e. The Kier molecular flexibility index (Phi) is 4.42. The third-order valence-electron chi connectivity index (χ3n) is 4.09. The maximum atomic E-state index is 12.2. The molecule has 0 radical (unpaired) electrons. The highest BCUT2D eigenvalue weighted by Gasteiger charge is 2.34. The molecule has 3 atom stereocenters. The molecule has 1 saturated carbocycles. The van der Waals surface area contributed by atoms with Crippen molar-refractivity contribution >= 4 is 11.9 Å². The van der Waals surface area contributed by atoms with Crippen LogP contribution in [0.1, 0.15) is 43.4 Å². The third kappa shape index (κ3) is 3.38. The molecule has 108 valence electrons. The molecule has 1 aliphatic carbocycles. The van der Waals surface area contributed by atoms with Crippen LogP contribution in [-0.2, 0) is 9.59 Å². The number of nitrogens with one attached hydrogen (secondary N) is 1. The van der Waals surface area contributed by atoms with Crippen molar-refractivity contribution in [3.05, 3.63) is 35.4 Å². The van der Waals surface area contributed by atoms with E-state index in [1.54, 1.807) is 0 Å². The van der Waals surface area contributed by atoms with Crippen LogP contribution in [0.15, 0.2) is 24.3 Å². The number of benzene rings is 1. The number of rotatable bonds is 4. The molecule has 1 aromatic carbocycles. The molecule has 1 amide bonds. The lowest BCUT2D eigenvalue weighted by Crippen LogP contribution is -2.32. The van der Waals surface area contributed by atoms with Gasteiger partial charge in [-0.25, -0.2) is 0 Å². The molecular weight excluding hydrogens is 254 g/mol. The van der Waals surface area contributed by atoms with E-state index in [-0.39, 0.29) is 23.8 Å². The van der Waals surface area contributed by atoms with E-state index >= 15 is 0 Å². The van der Waals surface area contributed by atoms with Crippen molar-refractivity contribution in [3.63, 3.8) is 0 Å². The van der Waals surface area contributed by atoms with Gasteiger partial charge in [0.15, 0.2) is 0 Å². The van der Waals surface area contributed by atoms with Gasteiger partial charge in [0.2, 0.25) is 5.91 Å². The zero-order chi connectivity index (χ0) is 14.7. The number of carboxylic acid groups (broad SMARTS) is 1. The van der Waals surface area contributed by atoms with E-state index in [1.807, 2.05) is 38.1 Å². The highest BCUT2D eigenvalue weighted by Crippen LogP contribution is 2.31. The molecule has 1 aliphatic rings. The van der Waals surface area contributed by atoms with Crippen LogP contribution in [0.5, 0.6) is 0 Å². The van der Waals surface area contributed by atoms with E-state index in [1.165, 1.54) is 5.56 Å². The lowest BCUT2D eigenvalue weighted by Gasteiger charge is -2.17. The topological polar surface area (TPSA) is 66.4 Å². The first kappa shape index (κ1) is 14.6. The van der Waals surface area contributed by atoms with Crippen molar-refractivity contribution in [2.45, 2.75) is 39.2 Å². The second-order valence-electron chi connectivity index (χ2n) is 5.69. The predicted molar refractivity (Wildman–Crippen MR) is 76.2 cm³/mol. The molecule has 1 unspecified atom stereocenters. The zero-order valence-electron chi connectivity index (χ0n) is 11.9. The van der Waals surface area contributed by atoms with Gasteiger partial charge in [-0.15, -0.1) is 0 Å². The van der Waals surface area contributed by atoms with Crippen molar-refractivity contribution in [2.75, 3.05) is 0 Å². The molecule has 20 heavy (non-hydrogen) atoms. The Morgan fingerprint density at radius 3 is 2.35 bits per heavy atom. The van der Waals surface area contributed by atoms with Crippen LogP contribution in [0.25, 0.3) is 0 Å². The number of aliphatic carboxylic acids is 1. The average molecular weight is 275 g/mol. The van der Waals surface area contributed by atoms with Crippen molar-refractivity contribution in [3.8, 4) is 0 Å². The Labute approximate surface area is 119 Å². The lowest BCUT2D eigenvalue weighted by atomic mass is 10.0. The normalized spacial score (nSPS) is 23.3. The van der Waals surface area contributed by atoms with Crippen LogP contribution in [0.3, 0.4) is 0 Å². The summed E-state index contributed by atoms with van der Waals surface area (Å²) in [7, 11) is 0. The largest absolute Gasteiger partial charge is 0.481 e. The monoisotopic (exact) mass is 275 g/mol. The Bertz CT molecular complexity index is 495. The summed E-state index contributed by atoms with van der Waals surface area (Å²) >= 11 is 0. The standard InChI is InChI=1S/C16H21NO3/c1-10-3-5-12(6-4-10)11(2)17-15(18)13-7-8-14(9-13)16(19)20/h3-6,11,13-14H,7-9H2,1-2H3,(H,17,18)(H,19,20)/t11?,13-,14+/m1/s1. The third-order valence-corrected chi connectivity index (χ3v) is 4.09. The number of aryl methyl sites for hydroxylation is 1. The molecule has 0 heterocycles. The van der Waals surface area contributed by atoms with Gasteiger partial charge in [-0.2, -0.15) is 0 Å². The maximum Gasteiger partial charge on any atom is 0.306 e. The quantitative estimate of drug-likeness (QED) is 0.887. The fourth-order valence-electron chi connectivity index (χ4n) is 2.71. The Morgan fingerprint density at radius 2 is 1.80 bits per heavy atom. The van der Waals surface area contributed by atoms with E-state index < -0.39 is 5.97 Å². The second kappa shape index (κ2) is 6.07. The molecule has 4 nitrogen and oxygen atoms in total. The molecule has 0 saturated heterocycles. The van der Waals surface area contributed by atoms with Gasteiger partial charge in [0, 0.05) is 5.92 Å². The number of carboxylic acids is 1. The lowest BCUT2D eigenvalue weighted by molar-refractivity contribution is -0.141. The Hall–Kier alpha value is -1.84. The molecule has 0 spiro atoms. The van der Waals surface area contributed by atoms with Gasteiger partial charge < -0.3 is 10.4 Å². The minimum absolute atomic E-state index is 0.0261. The molecule has 0 aromatic heterocycles. The van der Waals surface area contributed by atoms with Crippen LogP contribution in [-0.4, -0.2) is 17.0 Å². The van der Waals surface area contributed by atoms with Gasteiger partial charge in [-0.3, -0.25) is 9.59 Å². The Balaban J connectivity index is 1.91. The summed E-state index contributed by atoms with van der Waals surface area (Å²) in [4.78, 5) is 23.1.